The van der Waals surface area contributed by atoms with Crippen molar-refractivity contribution in [2.45, 2.75) is 45.2 Å². The van der Waals surface area contributed by atoms with E-state index in [0.717, 1.165) is 19.5 Å². The van der Waals surface area contributed by atoms with Crippen molar-refractivity contribution in [2.24, 2.45) is 0 Å². The maximum atomic E-state index is 9.63. The van der Waals surface area contributed by atoms with Crippen LogP contribution in [-0.2, 0) is 25.8 Å². The molecule has 1 N–H and O–H groups in total. The fraction of sp³-hybridized carbons (Fsp3) is 0.400. The van der Waals surface area contributed by atoms with Gasteiger partial charge in [-0.15, -0.1) is 0 Å². The molecule has 2 aromatic rings. The van der Waals surface area contributed by atoms with Crippen molar-refractivity contribution in [1.82, 2.24) is 4.90 Å². The predicted octanol–water partition coefficient (Wildman–Crippen LogP) is 4.00. The number of phenolic OH excluding ortho intramolecular Hbond substituents is 1. The lowest BCUT2D eigenvalue weighted by molar-refractivity contribution is 0.191. The maximum Gasteiger partial charge on any atom is 0.115 e. The second kappa shape index (κ2) is 5.44. The molecular formula is C20H23NO. The quantitative estimate of drug-likeness (QED) is 0.904. The van der Waals surface area contributed by atoms with E-state index in [2.05, 4.69) is 36.1 Å². The first-order chi connectivity index (χ1) is 10.7. The smallest absolute Gasteiger partial charge is 0.115 e. The molecule has 0 spiro atoms. The number of hydrogen-bond acceptors (Lipinski definition) is 2. The summed E-state index contributed by atoms with van der Waals surface area (Å²) in [6.45, 7) is 4.40. The van der Waals surface area contributed by atoms with Crippen LogP contribution >= 0.6 is 0 Å². The Morgan fingerprint density at radius 1 is 1.00 bits per heavy atom. The number of nitrogens with zero attached hydrogens (tertiary/aromatic N) is 1. The molecule has 2 heteroatoms. The SMILES string of the molecule is CC(c1cccc2c1CCC2)N1CCc2cc(O)ccc2C1. The Labute approximate surface area is 132 Å². The van der Waals surface area contributed by atoms with Gasteiger partial charge in [-0.25, -0.2) is 0 Å². The molecule has 0 amide bonds. The van der Waals surface area contributed by atoms with Crippen molar-refractivity contribution in [3.8, 4) is 5.75 Å². The summed E-state index contributed by atoms with van der Waals surface area (Å²) in [6, 6.07) is 13.1. The third-order valence-electron chi connectivity index (χ3n) is 5.41. The van der Waals surface area contributed by atoms with Crippen molar-refractivity contribution in [2.75, 3.05) is 6.54 Å². The Bertz CT molecular complexity index is 707. The highest BCUT2D eigenvalue weighted by Crippen LogP contribution is 2.34. The molecule has 1 unspecified atom stereocenters. The van der Waals surface area contributed by atoms with Crippen LogP contribution in [0.5, 0.6) is 5.75 Å². The Kier molecular flexibility index (Phi) is 3.42. The van der Waals surface area contributed by atoms with E-state index in [4.69, 9.17) is 0 Å². The van der Waals surface area contributed by atoms with Crippen molar-refractivity contribution in [3.05, 3.63) is 64.2 Å². The molecule has 1 atom stereocenters. The van der Waals surface area contributed by atoms with E-state index in [1.807, 2.05) is 12.1 Å². The fourth-order valence-electron chi connectivity index (χ4n) is 4.13. The van der Waals surface area contributed by atoms with Gasteiger partial charge in [-0.3, -0.25) is 4.90 Å². The lowest BCUT2D eigenvalue weighted by Crippen LogP contribution is -2.33. The molecule has 22 heavy (non-hydrogen) atoms. The van der Waals surface area contributed by atoms with Crippen LogP contribution in [0.2, 0.25) is 0 Å². The highest BCUT2D eigenvalue weighted by atomic mass is 16.3. The van der Waals surface area contributed by atoms with Gasteiger partial charge in [0.25, 0.3) is 0 Å². The topological polar surface area (TPSA) is 23.5 Å². The summed E-state index contributed by atoms with van der Waals surface area (Å²) in [5.74, 6) is 0.390. The molecule has 2 aliphatic rings. The Morgan fingerprint density at radius 2 is 1.91 bits per heavy atom. The molecule has 1 aliphatic carbocycles. The van der Waals surface area contributed by atoms with Gasteiger partial charge >= 0.3 is 0 Å². The first kappa shape index (κ1) is 13.8. The third-order valence-corrected chi connectivity index (χ3v) is 5.41. The van der Waals surface area contributed by atoms with Crippen LogP contribution in [0.4, 0.5) is 0 Å². The lowest BCUT2D eigenvalue weighted by Gasteiger charge is -2.35. The number of aryl methyl sites for hydroxylation is 1. The van der Waals surface area contributed by atoms with Gasteiger partial charge in [0.1, 0.15) is 5.75 Å². The van der Waals surface area contributed by atoms with E-state index in [0.29, 0.717) is 11.8 Å². The van der Waals surface area contributed by atoms with Crippen molar-refractivity contribution in [3.63, 3.8) is 0 Å². The molecule has 0 aromatic heterocycles. The van der Waals surface area contributed by atoms with Gasteiger partial charge < -0.3 is 5.11 Å². The minimum atomic E-state index is 0.390. The van der Waals surface area contributed by atoms with E-state index >= 15 is 0 Å². The van der Waals surface area contributed by atoms with Gasteiger partial charge in [-0.05, 0) is 72.6 Å². The van der Waals surface area contributed by atoms with Gasteiger partial charge in [0.15, 0.2) is 0 Å². The van der Waals surface area contributed by atoms with Gasteiger partial charge in [-0.2, -0.15) is 0 Å². The molecule has 0 fully saturated rings. The zero-order chi connectivity index (χ0) is 15.1. The van der Waals surface area contributed by atoms with Gasteiger partial charge in [-0.1, -0.05) is 24.3 Å². The van der Waals surface area contributed by atoms with Gasteiger partial charge in [0, 0.05) is 19.1 Å². The molecule has 1 aliphatic heterocycles. The molecule has 0 bridgehead atoms. The zero-order valence-electron chi connectivity index (χ0n) is 13.2. The standard InChI is InChI=1S/C20H23NO/c1-14(19-6-2-4-15-5-3-7-20(15)19)21-11-10-16-12-18(22)9-8-17(16)13-21/h2,4,6,8-9,12,14,22H,3,5,7,10-11,13H2,1H3. The summed E-state index contributed by atoms with van der Waals surface area (Å²) in [4.78, 5) is 2.58. The van der Waals surface area contributed by atoms with Crippen LogP contribution < -0.4 is 0 Å². The third kappa shape index (κ3) is 2.32. The molecule has 0 radical (unpaired) electrons. The van der Waals surface area contributed by atoms with Crippen LogP contribution in [-0.4, -0.2) is 16.6 Å². The van der Waals surface area contributed by atoms with Crippen LogP contribution in [0.3, 0.4) is 0 Å². The Balaban J connectivity index is 1.61. The monoisotopic (exact) mass is 293 g/mol. The number of phenols is 1. The van der Waals surface area contributed by atoms with Gasteiger partial charge in [0.05, 0.1) is 0 Å². The number of fused-ring (bicyclic) bond motifs is 2. The maximum absolute atomic E-state index is 9.63. The summed E-state index contributed by atoms with van der Waals surface area (Å²) >= 11 is 0. The lowest BCUT2D eigenvalue weighted by atomic mass is 9.93. The van der Waals surface area contributed by atoms with E-state index in [-0.39, 0.29) is 0 Å². The number of hydrogen-bond donors (Lipinski definition) is 1. The summed E-state index contributed by atoms with van der Waals surface area (Å²) in [6.07, 6.45) is 4.83. The number of aromatic hydroxyl groups is 1. The minimum Gasteiger partial charge on any atom is -0.508 e. The highest BCUT2D eigenvalue weighted by Gasteiger charge is 2.25. The van der Waals surface area contributed by atoms with Crippen LogP contribution in [0.15, 0.2) is 36.4 Å². The second-order valence-corrected chi connectivity index (χ2v) is 6.69. The second-order valence-electron chi connectivity index (χ2n) is 6.69. The molecule has 4 rings (SSSR count). The van der Waals surface area contributed by atoms with E-state index in [1.165, 1.54) is 36.0 Å². The molecule has 0 saturated heterocycles. The normalized spacial score (nSPS) is 18.8. The molecule has 1 heterocycles. The number of benzene rings is 2. The Hall–Kier alpha value is -1.80. The van der Waals surface area contributed by atoms with E-state index < -0.39 is 0 Å². The van der Waals surface area contributed by atoms with E-state index in [1.54, 1.807) is 11.1 Å². The fourth-order valence-corrected chi connectivity index (χ4v) is 4.13. The first-order valence-electron chi connectivity index (χ1n) is 8.38. The van der Waals surface area contributed by atoms with Crippen LogP contribution in [0, 0.1) is 0 Å². The first-order valence-corrected chi connectivity index (χ1v) is 8.38. The van der Waals surface area contributed by atoms with Crippen LogP contribution in [0.1, 0.15) is 47.2 Å². The molecule has 2 nitrogen and oxygen atoms in total. The van der Waals surface area contributed by atoms with Crippen LogP contribution in [0.25, 0.3) is 0 Å². The van der Waals surface area contributed by atoms with Crippen molar-refractivity contribution in [1.29, 1.82) is 0 Å². The summed E-state index contributed by atoms with van der Waals surface area (Å²) in [7, 11) is 0. The summed E-state index contributed by atoms with van der Waals surface area (Å²) in [5, 5.41) is 9.63. The highest BCUT2D eigenvalue weighted by molar-refractivity contribution is 5.41. The molecule has 0 saturated carbocycles. The molecular weight excluding hydrogens is 270 g/mol. The largest absolute Gasteiger partial charge is 0.508 e. The van der Waals surface area contributed by atoms with Crippen molar-refractivity contribution < 1.29 is 5.11 Å². The zero-order valence-corrected chi connectivity index (χ0v) is 13.2. The minimum absolute atomic E-state index is 0.390. The van der Waals surface area contributed by atoms with Crippen molar-refractivity contribution >= 4 is 0 Å². The predicted molar refractivity (Wildman–Crippen MR) is 89.1 cm³/mol. The number of rotatable bonds is 2. The summed E-state index contributed by atoms with van der Waals surface area (Å²) in [5.41, 5.74) is 7.36. The molecule has 114 valence electrons. The molecule has 2 aromatic carbocycles. The average molecular weight is 293 g/mol. The summed E-state index contributed by atoms with van der Waals surface area (Å²) < 4.78 is 0. The average Bonchev–Trinajstić information content (AvgIpc) is 3.02. The Morgan fingerprint density at radius 3 is 2.82 bits per heavy atom. The van der Waals surface area contributed by atoms with Gasteiger partial charge in [0.2, 0.25) is 0 Å². The van der Waals surface area contributed by atoms with E-state index in [9.17, 15) is 5.11 Å².